The van der Waals surface area contributed by atoms with Crippen LogP contribution in [0.2, 0.25) is 0 Å². The van der Waals surface area contributed by atoms with Gasteiger partial charge < -0.3 is 15.7 Å². The van der Waals surface area contributed by atoms with E-state index in [-0.39, 0.29) is 16.9 Å². The van der Waals surface area contributed by atoms with Crippen molar-refractivity contribution in [3.8, 4) is 0 Å². The molecule has 0 aromatic heterocycles. The number of hydrogen-bond donors (Lipinski definition) is 2. The van der Waals surface area contributed by atoms with Crippen LogP contribution >= 0.6 is 0 Å². The summed E-state index contributed by atoms with van der Waals surface area (Å²) in [5.74, 6) is 0.152. The molecule has 1 saturated carbocycles. The molecule has 2 atom stereocenters. The highest BCUT2D eigenvalue weighted by Crippen LogP contribution is 2.40. The van der Waals surface area contributed by atoms with Gasteiger partial charge in [-0.1, -0.05) is 38.8 Å². The van der Waals surface area contributed by atoms with E-state index in [1.807, 2.05) is 12.1 Å². The second-order valence-electron chi connectivity index (χ2n) is 8.85. The maximum Gasteiger partial charge on any atom is 0.248 e. The lowest BCUT2D eigenvalue weighted by Gasteiger charge is -2.45. The lowest BCUT2D eigenvalue weighted by Crippen LogP contribution is -2.47. The molecule has 1 aromatic carbocycles. The van der Waals surface area contributed by atoms with Crippen molar-refractivity contribution in [2.75, 3.05) is 19.6 Å². The Balaban J connectivity index is 1.57. The topological polar surface area (TPSA) is 66.6 Å². The SMILES string of the molecule is CC1CN(CCCC2(O)CCCC2)CCC1(C)c1cccc(C(N)=O)c1. The Kier molecular flexibility index (Phi) is 5.73. The molecule has 2 aliphatic rings. The number of carbonyl (C=O) groups excluding carboxylic acids is 1. The number of hydrogen-bond acceptors (Lipinski definition) is 3. The predicted molar refractivity (Wildman–Crippen MR) is 105 cm³/mol. The zero-order valence-electron chi connectivity index (χ0n) is 16.3. The quantitative estimate of drug-likeness (QED) is 0.818. The molecule has 1 amide bonds. The monoisotopic (exact) mass is 358 g/mol. The van der Waals surface area contributed by atoms with E-state index in [1.54, 1.807) is 6.07 Å². The van der Waals surface area contributed by atoms with E-state index in [9.17, 15) is 9.90 Å². The molecule has 2 unspecified atom stereocenters. The molecule has 1 aliphatic carbocycles. The van der Waals surface area contributed by atoms with Crippen molar-refractivity contribution in [2.24, 2.45) is 11.7 Å². The van der Waals surface area contributed by atoms with E-state index >= 15 is 0 Å². The molecule has 1 heterocycles. The van der Waals surface area contributed by atoms with E-state index in [1.165, 1.54) is 18.4 Å². The number of piperidine rings is 1. The summed E-state index contributed by atoms with van der Waals surface area (Å²) < 4.78 is 0. The summed E-state index contributed by atoms with van der Waals surface area (Å²) in [4.78, 5) is 14.1. The number of amides is 1. The molecule has 3 N–H and O–H groups in total. The molecule has 0 radical (unpaired) electrons. The zero-order valence-corrected chi connectivity index (χ0v) is 16.3. The molecule has 2 fully saturated rings. The Labute approximate surface area is 157 Å². The standard InChI is InChI=1S/C22H34N2O2/c1-17-16-24(13-6-11-22(26)9-3-4-10-22)14-12-21(17,2)19-8-5-7-18(15-19)20(23)25/h5,7-8,15,17,26H,3-4,6,9-14,16H2,1-2H3,(H2,23,25). The highest BCUT2D eigenvalue weighted by molar-refractivity contribution is 5.92. The van der Waals surface area contributed by atoms with Crippen molar-refractivity contribution in [3.63, 3.8) is 0 Å². The van der Waals surface area contributed by atoms with Gasteiger partial charge in [-0.3, -0.25) is 4.79 Å². The summed E-state index contributed by atoms with van der Waals surface area (Å²) in [5, 5.41) is 10.5. The minimum absolute atomic E-state index is 0.0750. The first-order valence-corrected chi connectivity index (χ1v) is 10.2. The molecule has 0 spiro atoms. The Morgan fingerprint density at radius 1 is 1.31 bits per heavy atom. The van der Waals surface area contributed by atoms with E-state index in [0.717, 1.165) is 51.7 Å². The van der Waals surface area contributed by atoms with Crippen LogP contribution in [-0.4, -0.2) is 41.1 Å². The van der Waals surface area contributed by atoms with Gasteiger partial charge in [-0.25, -0.2) is 0 Å². The van der Waals surface area contributed by atoms with Gasteiger partial charge in [0.2, 0.25) is 5.91 Å². The van der Waals surface area contributed by atoms with Crippen molar-refractivity contribution in [1.29, 1.82) is 0 Å². The molecular weight excluding hydrogens is 324 g/mol. The fourth-order valence-electron chi connectivity index (χ4n) is 4.89. The van der Waals surface area contributed by atoms with Gasteiger partial charge in [0.05, 0.1) is 5.60 Å². The van der Waals surface area contributed by atoms with Gasteiger partial charge in [0, 0.05) is 12.1 Å². The lowest BCUT2D eigenvalue weighted by molar-refractivity contribution is 0.0302. The Hall–Kier alpha value is -1.39. The molecule has 26 heavy (non-hydrogen) atoms. The van der Waals surface area contributed by atoms with Crippen molar-refractivity contribution in [1.82, 2.24) is 4.90 Å². The fraction of sp³-hybridized carbons (Fsp3) is 0.682. The van der Waals surface area contributed by atoms with E-state index in [4.69, 9.17) is 5.73 Å². The average Bonchev–Trinajstić information content (AvgIpc) is 3.05. The molecule has 4 nitrogen and oxygen atoms in total. The fourth-order valence-corrected chi connectivity index (χ4v) is 4.89. The minimum atomic E-state index is -0.384. The second kappa shape index (κ2) is 7.69. The third-order valence-corrected chi connectivity index (χ3v) is 7.02. The van der Waals surface area contributed by atoms with Crippen LogP contribution in [-0.2, 0) is 5.41 Å². The summed E-state index contributed by atoms with van der Waals surface area (Å²) in [6.45, 7) is 7.84. The normalized spacial score (nSPS) is 29.0. The van der Waals surface area contributed by atoms with Gasteiger partial charge in [0.15, 0.2) is 0 Å². The molecule has 0 bridgehead atoms. The molecule has 144 valence electrons. The maximum atomic E-state index is 11.5. The van der Waals surface area contributed by atoms with Gasteiger partial charge in [-0.05, 0) is 74.2 Å². The molecule has 1 aliphatic heterocycles. The summed E-state index contributed by atoms with van der Waals surface area (Å²) in [7, 11) is 0. The predicted octanol–water partition coefficient (Wildman–Crippen LogP) is 3.47. The highest BCUT2D eigenvalue weighted by Gasteiger charge is 2.38. The summed E-state index contributed by atoms with van der Waals surface area (Å²) in [6, 6.07) is 7.85. The third kappa shape index (κ3) is 4.12. The number of nitrogens with two attached hydrogens (primary N) is 1. The smallest absolute Gasteiger partial charge is 0.248 e. The first-order chi connectivity index (χ1) is 12.3. The maximum absolute atomic E-state index is 11.5. The van der Waals surface area contributed by atoms with Crippen LogP contribution in [0, 0.1) is 5.92 Å². The average molecular weight is 359 g/mol. The molecule has 4 heteroatoms. The van der Waals surface area contributed by atoms with Crippen molar-refractivity contribution in [2.45, 2.75) is 69.8 Å². The number of rotatable bonds is 6. The van der Waals surface area contributed by atoms with Crippen LogP contribution in [0.4, 0.5) is 0 Å². The van der Waals surface area contributed by atoms with Gasteiger partial charge in [0.1, 0.15) is 0 Å². The van der Waals surface area contributed by atoms with Gasteiger partial charge in [0.25, 0.3) is 0 Å². The number of primary amides is 1. The van der Waals surface area contributed by atoms with Crippen LogP contribution in [0.5, 0.6) is 0 Å². The number of likely N-dealkylation sites (tertiary alicyclic amines) is 1. The molecule has 1 aromatic rings. The Morgan fingerprint density at radius 2 is 2.04 bits per heavy atom. The first kappa shape index (κ1) is 19.4. The van der Waals surface area contributed by atoms with Crippen LogP contribution in [0.25, 0.3) is 0 Å². The second-order valence-corrected chi connectivity index (χ2v) is 8.85. The van der Waals surface area contributed by atoms with Gasteiger partial charge in [-0.2, -0.15) is 0 Å². The summed E-state index contributed by atoms with van der Waals surface area (Å²) in [6.07, 6.45) is 7.43. The highest BCUT2D eigenvalue weighted by atomic mass is 16.3. The van der Waals surface area contributed by atoms with Crippen molar-refractivity contribution >= 4 is 5.91 Å². The van der Waals surface area contributed by atoms with Crippen LogP contribution < -0.4 is 5.73 Å². The van der Waals surface area contributed by atoms with Crippen molar-refractivity contribution in [3.05, 3.63) is 35.4 Å². The van der Waals surface area contributed by atoms with Crippen LogP contribution in [0.15, 0.2) is 24.3 Å². The zero-order chi connectivity index (χ0) is 18.8. The third-order valence-electron chi connectivity index (χ3n) is 7.02. The van der Waals surface area contributed by atoms with E-state index in [2.05, 4.69) is 24.8 Å². The van der Waals surface area contributed by atoms with E-state index in [0.29, 0.717) is 11.5 Å². The Morgan fingerprint density at radius 3 is 2.69 bits per heavy atom. The first-order valence-electron chi connectivity index (χ1n) is 10.2. The van der Waals surface area contributed by atoms with Crippen LogP contribution in [0.1, 0.15) is 74.7 Å². The number of aliphatic hydroxyl groups is 1. The lowest BCUT2D eigenvalue weighted by atomic mass is 9.68. The Bertz CT molecular complexity index is 639. The van der Waals surface area contributed by atoms with Gasteiger partial charge in [-0.15, -0.1) is 0 Å². The number of nitrogens with zero attached hydrogens (tertiary/aromatic N) is 1. The number of benzene rings is 1. The molecular formula is C22H34N2O2. The van der Waals surface area contributed by atoms with E-state index < -0.39 is 0 Å². The van der Waals surface area contributed by atoms with Gasteiger partial charge >= 0.3 is 0 Å². The minimum Gasteiger partial charge on any atom is -0.390 e. The van der Waals surface area contributed by atoms with Crippen molar-refractivity contribution < 1.29 is 9.90 Å². The molecule has 3 rings (SSSR count). The summed E-state index contributed by atoms with van der Waals surface area (Å²) in [5.41, 5.74) is 6.98. The molecule has 1 saturated heterocycles. The largest absolute Gasteiger partial charge is 0.390 e. The number of carbonyl (C=O) groups is 1. The van der Waals surface area contributed by atoms with Crippen LogP contribution in [0.3, 0.4) is 0 Å². The summed E-state index contributed by atoms with van der Waals surface area (Å²) >= 11 is 0.